The van der Waals surface area contributed by atoms with E-state index in [4.69, 9.17) is 14.0 Å². The zero-order valence-corrected chi connectivity index (χ0v) is 10.5. The molecule has 0 aromatic rings. The topological polar surface area (TPSA) is 27.7 Å². The Morgan fingerprint density at radius 3 is 2.17 bits per heavy atom. The second kappa shape index (κ2) is 12.0. The van der Waals surface area contributed by atoms with Gasteiger partial charge in [-0.1, -0.05) is 6.92 Å². The summed E-state index contributed by atoms with van der Waals surface area (Å²) in [5, 5.41) is 0. The van der Waals surface area contributed by atoms with E-state index >= 15 is 0 Å². The molecule has 3 nitrogen and oxygen atoms in total. The number of rotatable bonds is 9. The Kier molecular flexibility index (Phi) is 13.1. The number of hydrogen-bond donors (Lipinski definition) is 0. The van der Waals surface area contributed by atoms with E-state index in [-0.39, 0.29) is 0 Å². The van der Waals surface area contributed by atoms with Crippen molar-refractivity contribution < 1.29 is 14.0 Å². The third-order valence-electron chi connectivity index (χ3n) is 1.10. The van der Waals surface area contributed by atoms with Gasteiger partial charge in [-0.25, -0.2) is 0 Å². The summed E-state index contributed by atoms with van der Waals surface area (Å²) in [5.74, 6) is 0. The Morgan fingerprint density at radius 2 is 1.58 bits per heavy atom. The van der Waals surface area contributed by atoms with E-state index in [1.807, 2.05) is 0 Å². The van der Waals surface area contributed by atoms with Gasteiger partial charge in [0.15, 0.2) is 0 Å². The summed E-state index contributed by atoms with van der Waals surface area (Å²) in [6, 6.07) is 0. The van der Waals surface area contributed by atoms with Crippen LogP contribution in [0, 0.1) is 0 Å². The summed E-state index contributed by atoms with van der Waals surface area (Å²) >= 11 is 2.19. The molecule has 0 aromatic carbocycles. The van der Waals surface area contributed by atoms with Gasteiger partial charge in [-0.3, -0.25) is 0 Å². The van der Waals surface area contributed by atoms with Gasteiger partial charge >= 0.3 is 0 Å². The molecule has 0 aliphatic heterocycles. The quantitative estimate of drug-likeness (QED) is 0.372. The average Bonchev–Trinajstić information content (AvgIpc) is 2.10. The van der Waals surface area contributed by atoms with Gasteiger partial charge in [0.1, 0.15) is 0 Å². The minimum Gasteiger partial charge on any atom is -0.379 e. The lowest BCUT2D eigenvalue weighted by molar-refractivity contribution is 0.0386. The Morgan fingerprint density at radius 1 is 1.00 bits per heavy atom. The molecule has 1 atom stereocenters. The molecule has 0 radical (unpaired) electrons. The van der Waals surface area contributed by atoms with Gasteiger partial charge in [0.2, 0.25) is 0 Å². The smallest absolute Gasteiger partial charge is 0.0794 e. The van der Waals surface area contributed by atoms with Crippen LogP contribution in [0.15, 0.2) is 0 Å². The molecular weight excluding hydrogens is 290 g/mol. The Bertz CT molecular complexity index is 75.1. The number of hydrogen-bond acceptors (Lipinski definition) is 3. The molecule has 0 heterocycles. The minimum absolute atomic E-state index is 0.529. The van der Waals surface area contributed by atoms with Crippen molar-refractivity contribution >= 4 is 28.5 Å². The highest BCUT2D eigenvalue weighted by atomic mass is 127. The van der Waals surface area contributed by atoms with Crippen LogP contribution in [0.3, 0.4) is 0 Å². The molecule has 0 N–H and O–H groups in total. The predicted molar refractivity (Wildman–Crippen MR) is 60.2 cm³/mol. The molecule has 0 saturated carbocycles. The van der Waals surface area contributed by atoms with Gasteiger partial charge in [0.25, 0.3) is 0 Å². The molecule has 0 fully saturated rings. The highest BCUT2D eigenvalue weighted by Crippen LogP contribution is 2.20. The Labute approximate surface area is 88.9 Å². The van der Waals surface area contributed by atoms with Crippen LogP contribution < -0.4 is 0 Å². The molecule has 0 amide bonds. The summed E-state index contributed by atoms with van der Waals surface area (Å²) in [5.41, 5.74) is 0. The largest absolute Gasteiger partial charge is 0.379 e. The fourth-order valence-corrected chi connectivity index (χ4v) is 1.43. The SMILES string of the molecule is CCCOCCOCCOPI. The summed E-state index contributed by atoms with van der Waals surface area (Å²) in [4.78, 5) is 0. The fraction of sp³-hybridized carbons (Fsp3) is 1.00. The maximum atomic E-state index is 5.23. The van der Waals surface area contributed by atoms with Crippen LogP contribution in [0.25, 0.3) is 0 Å². The Hall–Kier alpha value is 1.04. The molecule has 0 aliphatic carbocycles. The van der Waals surface area contributed by atoms with Gasteiger partial charge in [0, 0.05) is 6.61 Å². The molecule has 0 aromatic heterocycles. The second-order valence-corrected chi connectivity index (χ2v) is 3.91. The van der Waals surface area contributed by atoms with E-state index in [0.29, 0.717) is 32.9 Å². The zero-order chi connectivity index (χ0) is 9.07. The third kappa shape index (κ3) is 11.0. The number of halogens is 1. The number of ether oxygens (including phenoxy) is 2. The molecule has 0 bridgehead atoms. The van der Waals surface area contributed by atoms with Gasteiger partial charge in [-0.15, -0.1) is 0 Å². The first-order chi connectivity index (χ1) is 5.91. The van der Waals surface area contributed by atoms with Crippen molar-refractivity contribution in [2.45, 2.75) is 13.3 Å². The van der Waals surface area contributed by atoms with Gasteiger partial charge < -0.3 is 14.0 Å². The summed E-state index contributed by atoms with van der Waals surface area (Å²) in [7, 11) is 0. The lowest BCUT2D eigenvalue weighted by atomic mass is 10.5. The van der Waals surface area contributed by atoms with E-state index in [9.17, 15) is 0 Å². The summed E-state index contributed by atoms with van der Waals surface area (Å²) in [6.45, 7) is 6.18. The van der Waals surface area contributed by atoms with Crippen molar-refractivity contribution in [1.82, 2.24) is 0 Å². The lowest BCUT2D eigenvalue weighted by Gasteiger charge is -2.04. The Balaban J connectivity index is 2.73. The molecule has 0 aliphatic rings. The first-order valence-corrected chi connectivity index (χ1v) is 8.07. The standard InChI is InChI=1S/C7H16IO3P/c1-2-3-9-4-5-10-6-7-11-12-8/h12H,2-7H2,1H3. The van der Waals surface area contributed by atoms with E-state index in [1.165, 1.54) is 0 Å². The summed E-state index contributed by atoms with van der Waals surface area (Å²) in [6.07, 6.45) is 1.07. The molecule has 74 valence electrons. The van der Waals surface area contributed by atoms with Crippen LogP contribution in [0.5, 0.6) is 0 Å². The normalized spacial score (nSPS) is 11.5. The first kappa shape index (κ1) is 13.0. The molecule has 0 saturated heterocycles. The predicted octanol–water partition coefficient (Wildman–Crippen LogP) is 2.39. The van der Waals surface area contributed by atoms with Crippen LogP contribution in [-0.2, 0) is 14.0 Å². The molecular formula is C7H16IO3P. The van der Waals surface area contributed by atoms with E-state index in [0.717, 1.165) is 13.0 Å². The van der Waals surface area contributed by atoms with Gasteiger partial charge in [-0.2, -0.15) is 0 Å². The van der Waals surface area contributed by atoms with Crippen LogP contribution in [0.1, 0.15) is 13.3 Å². The van der Waals surface area contributed by atoms with Crippen LogP contribution >= 0.6 is 28.5 Å². The average molecular weight is 306 g/mol. The summed E-state index contributed by atoms with van der Waals surface area (Å²) < 4.78 is 15.6. The second-order valence-electron chi connectivity index (χ2n) is 2.15. The van der Waals surface area contributed by atoms with E-state index < -0.39 is 0 Å². The highest BCUT2D eigenvalue weighted by molar-refractivity contribution is 14.2. The van der Waals surface area contributed by atoms with Gasteiger partial charge in [-0.05, 0) is 28.5 Å². The molecule has 0 spiro atoms. The van der Waals surface area contributed by atoms with Crippen molar-refractivity contribution in [2.75, 3.05) is 33.0 Å². The van der Waals surface area contributed by atoms with E-state index in [2.05, 4.69) is 29.0 Å². The highest BCUT2D eigenvalue weighted by Gasteiger charge is 1.88. The molecule has 5 heteroatoms. The lowest BCUT2D eigenvalue weighted by Crippen LogP contribution is -2.07. The molecule has 12 heavy (non-hydrogen) atoms. The van der Waals surface area contributed by atoms with Crippen molar-refractivity contribution in [3.63, 3.8) is 0 Å². The molecule has 1 unspecified atom stereocenters. The van der Waals surface area contributed by atoms with Crippen LogP contribution in [-0.4, -0.2) is 33.0 Å². The van der Waals surface area contributed by atoms with Crippen molar-refractivity contribution in [3.05, 3.63) is 0 Å². The van der Waals surface area contributed by atoms with E-state index in [1.54, 1.807) is 0 Å². The van der Waals surface area contributed by atoms with Crippen molar-refractivity contribution in [1.29, 1.82) is 0 Å². The van der Waals surface area contributed by atoms with Crippen LogP contribution in [0.4, 0.5) is 0 Å². The third-order valence-corrected chi connectivity index (χ3v) is 2.35. The monoisotopic (exact) mass is 306 g/mol. The maximum absolute atomic E-state index is 5.23. The first-order valence-electron chi connectivity index (χ1n) is 4.04. The van der Waals surface area contributed by atoms with Gasteiger partial charge in [0.05, 0.1) is 32.9 Å². The molecule has 0 rings (SSSR count). The van der Waals surface area contributed by atoms with Crippen molar-refractivity contribution in [3.8, 4) is 0 Å². The minimum atomic E-state index is 0.529. The fourth-order valence-electron chi connectivity index (χ4n) is 0.605. The van der Waals surface area contributed by atoms with Crippen LogP contribution in [0.2, 0.25) is 0 Å². The van der Waals surface area contributed by atoms with Crippen molar-refractivity contribution in [2.24, 2.45) is 0 Å². The zero-order valence-electron chi connectivity index (χ0n) is 7.35. The maximum Gasteiger partial charge on any atom is 0.0794 e.